The zero-order chi connectivity index (χ0) is 12.7. The Bertz CT molecular complexity index is 611. The number of nitrogens with zero attached hydrogens (tertiary/aromatic N) is 1. The molecule has 0 saturated carbocycles. The Morgan fingerprint density at radius 2 is 2.17 bits per heavy atom. The molecular weight excluding hydrogens is 312 g/mol. The van der Waals surface area contributed by atoms with E-state index >= 15 is 0 Å². The number of rotatable bonds is 1. The van der Waals surface area contributed by atoms with Gasteiger partial charge in [-0.15, -0.1) is 11.3 Å². The summed E-state index contributed by atoms with van der Waals surface area (Å²) in [5, 5.41) is 5.45. The molecule has 1 N–H and O–H groups in total. The van der Waals surface area contributed by atoms with Crippen LogP contribution in [0.25, 0.3) is 0 Å². The molecule has 5 heteroatoms. The summed E-state index contributed by atoms with van der Waals surface area (Å²) in [5.74, 6) is 0.0525. The molecule has 1 amide bonds. The molecule has 3 rings (SSSR count). The minimum atomic E-state index is -0.102. The summed E-state index contributed by atoms with van der Waals surface area (Å²) >= 11 is 5.07. The van der Waals surface area contributed by atoms with Crippen LogP contribution in [0.3, 0.4) is 0 Å². The fourth-order valence-electron chi connectivity index (χ4n) is 2.12. The summed E-state index contributed by atoms with van der Waals surface area (Å²) in [6.45, 7) is 0. The van der Waals surface area contributed by atoms with Crippen molar-refractivity contribution >= 4 is 38.9 Å². The van der Waals surface area contributed by atoms with Crippen LogP contribution < -0.4 is 5.32 Å². The molecule has 0 bridgehead atoms. The van der Waals surface area contributed by atoms with Crippen LogP contribution in [0, 0.1) is 0 Å². The monoisotopic (exact) mass is 322 g/mol. The van der Waals surface area contributed by atoms with Gasteiger partial charge in [0.25, 0.3) is 5.91 Å². The number of fused-ring (bicyclic) bond motifs is 1. The highest BCUT2D eigenvalue weighted by Gasteiger charge is 2.30. The number of para-hydroxylation sites is 1. The van der Waals surface area contributed by atoms with Crippen molar-refractivity contribution in [1.29, 1.82) is 0 Å². The van der Waals surface area contributed by atoms with E-state index in [-0.39, 0.29) is 12.1 Å². The second-order valence-corrected chi connectivity index (χ2v) is 6.48. The fourth-order valence-corrected chi connectivity index (χ4v) is 3.32. The van der Waals surface area contributed by atoms with E-state index in [4.69, 9.17) is 0 Å². The maximum atomic E-state index is 12.3. The highest BCUT2D eigenvalue weighted by atomic mass is 79.9. The Balaban J connectivity index is 2.03. The number of carbonyl (C=O) groups excluding carboxylic acids is 1. The molecule has 1 atom stereocenters. The molecule has 0 saturated heterocycles. The van der Waals surface area contributed by atoms with Crippen LogP contribution in [-0.4, -0.2) is 17.9 Å². The Morgan fingerprint density at radius 1 is 1.39 bits per heavy atom. The Hall–Kier alpha value is -1.33. The topological polar surface area (TPSA) is 32.3 Å². The number of nitrogens with one attached hydrogen (secondary N) is 1. The number of amides is 1. The van der Waals surface area contributed by atoms with Crippen molar-refractivity contribution in [3.8, 4) is 0 Å². The number of anilines is 1. The third-order valence-corrected chi connectivity index (χ3v) is 4.58. The van der Waals surface area contributed by atoms with E-state index in [2.05, 4.69) is 26.6 Å². The summed E-state index contributed by atoms with van der Waals surface area (Å²) in [4.78, 5) is 14.0. The minimum Gasteiger partial charge on any atom is -0.361 e. The highest BCUT2D eigenvalue weighted by molar-refractivity contribution is 9.11. The largest absolute Gasteiger partial charge is 0.361 e. The molecule has 0 radical (unpaired) electrons. The van der Waals surface area contributed by atoms with Gasteiger partial charge in [0, 0.05) is 18.3 Å². The van der Waals surface area contributed by atoms with Gasteiger partial charge in [0.2, 0.25) is 0 Å². The van der Waals surface area contributed by atoms with E-state index in [9.17, 15) is 4.79 Å². The third-order valence-electron chi connectivity index (χ3n) is 3.06. The van der Waals surface area contributed by atoms with Crippen LogP contribution in [0.5, 0.6) is 0 Å². The number of hydrogen-bond acceptors (Lipinski definition) is 3. The molecule has 2 heterocycles. The van der Waals surface area contributed by atoms with Gasteiger partial charge in [-0.2, -0.15) is 0 Å². The van der Waals surface area contributed by atoms with Crippen LogP contribution in [0.1, 0.15) is 22.1 Å². The first-order valence-corrected chi connectivity index (χ1v) is 7.21. The Kier molecular flexibility index (Phi) is 2.87. The number of thiophene rings is 1. The van der Waals surface area contributed by atoms with Crippen molar-refractivity contribution in [2.75, 3.05) is 12.4 Å². The van der Waals surface area contributed by atoms with Crippen molar-refractivity contribution < 1.29 is 4.79 Å². The quantitative estimate of drug-likeness (QED) is 0.868. The SMILES string of the molecule is CN1C(=O)c2ccccc2N[C@@H]1c1csc(Br)c1. The van der Waals surface area contributed by atoms with Gasteiger partial charge in [0.1, 0.15) is 6.17 Å². The van der Waals surface area contributed by atoms with E-state index in [1.54, 1.807) is 16.2 Å². The van der Waals surface area contributed by atoms with E-state index in [0.29, 0.717) is 0 Å². The van der Waals surface area contributed by atoms with E-state index < -0.39 is 0 Å². The molecule has 18 heavy (non-hydrogen) atoms. The van der Waals surface area contributed by atoms with Crippen molar-refractivity contribution in [3.63, 3.8) is 0 Å². The van der Waals surface area contributed by atoms with Crippen molar-refractivity contribution in [2.24, 2.45) is 0 Å². The predicted molar refractivity (Wildman–Crippen MR) is 76.9 cm³/mol. The highest BCUT2D eigenvalue weighted by Crippen LogP contribution is 2.34. The summed E-state index contributed by atoms with van der Waals surface area (Å²) in [7, 11) is 1.82. The number of carbonyl (C=O) groups is 1. The standard InChI is InChI=1S/C13H11BrN2OS/c1-16-12(8-6-11(14)18-7-8)15-10-5-3-2-4-9(10)13(16)17/h2-7,12,15H,1H3/t12-/m0/s1. The van der Waals surface area contributed by atoms with Gasteiger partial charge in [0.15, 0.2) is 0 Å². The van der Waals surface area contributed by atoms with Gasteiger partial charge in [-0.3, -0.25) is 4.79 Å². The lowest BCUT2D eigenvalue weighted by Crippen LogP contribution is -2.39. The lowest BCUT2D eigenvalue weighted by Gasteiger charge is -2.35. The first-order valence-electron chi connectivity index (χ1n) is 5.53. The number of hydrogen-bond donors (Lipinski definition) is 1. The molecule has 0 spiro atoms. The average Bonchev–Trinajstić information content (AvgIpc) is 2.80. The molecule has 92 valence electrons. The number of halogens is 1. The molecule has 1 aliphatic heterocycles. The van der Waals surface area contributed by atoms with Crippen molar-refractivity contribution in [1.82, 2.24) is 4.90 Å². The van der Waals surface area contributed by atoms with Crippen LogP contribution in [-0.2, 0) is 0 Å². The van der Waals surface area contributed by atoms with Gasteiger partial charge in [-0.05, 0) is 39.5 Å². The molecule has 1 aromatic heterocycles. The second kappa shape index (κ2) is 4.40. The lowest BCUT2D eigenvalue weighted by molar-refractivity contribution is 0.0736. The fraction of sp³-hybridized carbons (Fsp3) is 0.154. The summed E-state index contributed by atoms with van der Waals surface area (Å²) in [6, 6.07) is 9.65. The zero-order valence-corrected chi connectivity index (χ0v) is 12.1. The minimum absolute atomic E-state index is 0.0525. The Morgan fingerprint density at radius 3 is 2.89 bits per heavy atom. The van der Waals surface area contributed by atoms with Gasteiger partial charge in [0.05, 0.1) is 9.35 Å². The zero-order valence-electron chi connectivity index (χ0n) is 9.68. The van der Waals surface area contributed by atoms with Crippen molar-refractivity contribution in [3.05, 3.63) is 50.6 Å². The summed E-state index contributed by atoms with van der Waals surface area (Å²) in [6.07, 6.45) is -0.102. The summed E-state index contributed by atoms with van der Waals surface area (Å²) in [5.41, 5.74) is 2.72. The molecule has 0 fully saturated rings. The smallest absolute Gasteiger partial charge is 0.257 e. The third kappa shape index (κ3) is 1.83. The molecule has 1 aliphatic rings. The van der Waals surface area contributed by atoms with Crippen molar-refractivity contribution in [2.45, 2.75) is 6.17 Å². The maximum absolute atomic E-state index is 12.3. The maximum Gasteiger partial charge on any atom is 0.257 e. The number of benzene rings is 1. The molecule has 3 nitrogen and oxygen atoms in total. The predicted octanol–water partition coefficient (Wildman–Crippen LogP) is 3.71. The van der Waals surface area contributed by atoms with Crippen LogP contribution in [0.2, 0.25) is 0 Å². The van der Waals surface area contributed by atoms with Crippen LogP contribution in [0.4, 0.5) is 5.69 Å². The van der Waals surface area contributed by atoms with E-state index in [1.807, 2.05) is 37.4 Å². The van der Waals surface area contributed by atoms with Gasteiger partial charge in [-0.25, -0.2) is 0 Å². The first-order chi connectivity index (χ1) is 8.66. The molecule has 0 unspecified atom stereocenters. The molecule has 1 aromatic carbocycles. The van der Waals surface area contributed by atoms with E-state index in [0.717, 1.165) is 20.6 Å². The normalized spacial score (nSPS) is 18.4. The Labute approximate surface area is 118 Å². The molecular formula is C13H11BrN2OS. The summed E-state index contributed by atoms with van der Waals surface area (Å²) < 4.78 is 1.07. The van der Waals surface area contributed by atoms with Gasteiger partial charge >= 0.3 is 0 Å². The van der Waals surface area contributed by atoms with Gasteiger partial charge < -0.3 is 10.2 Å². The lowest BCUT2D eigenvalue weighted by atomic mass is 10.1. The average molecular weight is 323 g/mol. The molecule has 2 aromatic rings. The van der Waals surface area contributed by atoms with Crippen LogP contribution >= 0.6 is 27.3 Å². The molecule has 0 aliphatic carbocycles. The second-order valence-electron chi connectivity index (χ2n) is 4.19. The van der Waals surface area contributed by atoms with E-state index in [1.165, 1.54) is 0 Å². The van der Waals surface area contributed by atoms with Gasteiger partial charge in [-0.1, -0.05) is 12.1 Å². The first kappa shape index (κ1) is 11.7. The van der Waals surface area contributed by atoms with Crippen LogP contribution in [0.15, 0.2) is 39.5 Å².